The van der Waals surface area contributed by atoms with E-state index in [1.165, 1.54) is 18.9 Å². The largest absolute Gasteiger partial charge is 0.340 e. The summed E-state index contributed by atoms with van der Waals surface area (Å²) in [7, 11) is 0. The van der Waals surface area contributed by atoms with E-state index in [2.05, 4.69) is 37.2 Å². The molecule has 10 heteroatoms. The molecule has 3 fully saturated rings. The number of H-pyrrole nitrogens is 1. The Labute approximate surface area is 226 Å². The summed E-state index contributed by atoms with van der Waals surface area (Å²) in [6, 6.07) is 7.64. The lowest BCUT2D eigenvalue weighted by Crippen LogP contribution is -2.49. The Balaban J connectivity index is 1.04. The van der Waals surface area contributed by atoms with Gasteiger partial charge in [-0.05, 0) is 73.9 Å². The first-order valence-corrected chi connectivity index (χ1v) is 14.0. The van der Waals surface area contributed by atoms with Crippen LogP contribution in [0, 0.1) is 17.7 Å². The third-order valence-electron chi connectivity index (χ3n) is 8.26. The van der Waals surface area contributed by atoms with Crippen molar-refractivity contribution >= 4 is 28.7 Å². The molecule has 1 amide bonds. The van der Waals surface area contributed by atoms with Crippen molar-refractivity contribution < 1.29 is 9.18 Å². The van der Waals surface area contributed by atoms with Crippen LogP contribution in [0.1, 0.15) is 44.2 Å². The number of carbonyl (C=O) groups is 1. The number of halogens is 1. The molecule has 202 valence electrons. The van der Waals surface area contributed by atoms with Gasteiger partial charge in [0.2, 0.25) is 11.9 Å². The number of pyridine rings is 1. The van der Waals surface area contributed by atoms with Gasteiger partial charge >= 0.3 is 0 Å². The number of nitrogens with zero attached hydrogens (tertiary/aromatic N) is 6. The molecule has 1 unspecified atom stereocenters. The van der Waals surface area contributed by atoms with Crippen LogP contribution in [0.3, 0.4) is 0 Å². The Kier molecular flexibility index (Phi) is 6.07. The molecule has 0 bridgehead atoms. The van der Waals surface area contributed by atoms with E-state index >= 15 is 4.39 Å². The molecule has 2 N–H and O–H groups in total. The zero-order chi connectivity index (χ0) is 26.5. The fourth-order valence-electron chi connectivity index (χ4n) is 5.50. The first kappa shape index (κ1) is 24.3. The van der Waals surface area contributed by atoms with Crippen LogP contribution in [0.2, 0.25) is 0 Å². The number of hydrogen-bond donors (Lipinski definition) is 2. The maximum atomic E-state index is 15.0. The summed E-state index contributed by atoms with van der Waals surface area (Å²) in [5.74, 6) is 2.03. The maximum Gasteiger partial charge on any atom is 0.225 e. The number of fused-ring (bicyclic) bond motifs is 1. The molecule has 1 aromatic carbocycles. The lowest BCUT2D eigenvalue weighted by Gasteiger charge is -2.38. The fourth-order valence-corrected chi connectivity index (χ4v) is 5.50. The van der Waals surface area contributed by atoms with Crippen LogP contribution in [0.15, 0.2) is 42.9 Å². The SMILES string of the molecule is CC(c1ccnc(Nc2nc3c(F)cc(-c4cnn(CC5CC5)c4)cc3[nH]2)c1)N1CCN(C(=O)C2CC2)CC1. The average molecular weight is 529 g/mol. The van der Waals surface area contributed by atoms with Crippen molar-refractivity contribution in [1.29, 1.82) is 0 Å². The highest BCUT2D eigenvalue weighted by Crippen LogP contribution is 2.33. The standard InChI is InChI=1S/C29H33FN8O/c1-18(36-8-10-37(11-9-36)28(39)20-4-5-20)21-6-7-31-26(14-21)34-29-33-25-13-22(12-24(30)27(25)35-29)23-15-32-38(17-23)16-19-2-3-19/h6-7,12-15,17-20H,2-5,8-11,16H2,1H3,(H2,31,33,34,35). The maximum absolute atomic E-state index is 15.0. The first-order chi connectivity index (χ1) is 19.0. The van der Waals surface area contributed by atoms with Gasteiger partial charge in [0.05, 0.1) is 11.7 Å². The second kappa shape index (κ2) is 9.75. The fraction of sp³-hybridized carbons (Fsp3) is 0.448. The van der Waals surface area contributed by atoms with Crippen LogP contribution < -0.4 is 5.32 Å². The highest BCUT2D eigenvalue weighted by Gasteiger charge is 2.35. The third-order valence-corrected chi connectivity index (χ3v) is 8.26. The average Bonchev–Trinajstić information content (AvgIpc) is 3.87. The number of imidazole rings is 1. The van der Waals surface area contributed by atoms with Gasteiger partial charge < -0.3 is 15.2 Å². The Morgan fingerprint density at radius 3 is 2.72 bits per heavy atom. The minimum Gasteiger partial charge on any atom is -0.340 e. The summed E-state index contributed by atoms with van der Waals surface area (Å²) in [5.41, 5.74) is 3.69. The number of amides is 1. The van der Waals surface area contributed by atoms with Gasteiger partial charge in [0.25, 0.3) is 0 Å². The zero-order valence-corrected chi connectivity index (χ0v) is 22.1. The van der Waals surface area contributed by atoms with E-state index in [9.17, 15) is 4.79 Å². The van der Waals surface area contributed by atoms with E-state index in [0.717, 1.165) is 68.2 Å². The number of hydrogen-bond acceptors (Lipinski definition) is 6. The van der Waals surface area contributed by atoms with E-state index in [-0.39, 0.29) is 23.3 Å². The predicted molar refractivity (Wildman–Crippen MR) is 147 cm³/mol. The van der Waals surface area contributed by atoms with Crippen molar-refractivity contribution in [2.45, 2.75) is 45.2 Å². The van der Waals surface area contributed by atoms with Gasteiger partial charge in [-0.2, -0.15) is 5.10 Å². The normalized spacial score (nSPS) is 19.0. The molecule has 1 aliphatic heterocycles. The van der Waals surface area contributed by atoms with Crippen molar-refractivity contribution in [1.82, 2.24) is 34.5 Å². The van der Waals surface area contributed by atoms with E-state index in [0.29, 0.717) is 23.2 Å². The molecule has 7 rings (SSSR count). The molecule has 4 heterocycles. The second-order valence-electron chi connectivity index (χ2n) is 11.2. The molecule has 1 saturated heterocycles. The topological polar surface area (TPSA) is 95.0 Å². The van der Waals surface area contributed by atoms with Gasteiger partial charge in [-0.1, -0.05) is 0 Å². The predicted octanol–water partition coefficient (Wildman–Crippen LogP) is 4.73. The summed E-state index contributed by atoms with van der Waals surface area (Å²) in [5, 5.41) is 7.67. The molecular weight excluding hydrogens is 495 g/mol. The van der Waals surface area contributed by atoms with Crippen molar-refractivity contribution in [3.05, 3.63) is 54.2 Å². The van der Waals surface area contributed by atoms with Crippen molar-refractivity contribution in [3.63, 3.8) is 0 Å². The number of rotatable bonds is 8. The van der Waals surface area contributed by atoms with Gasteiger partial charge in [-0.3, -0.25) is 14.4 Å². The van der Waals surface area contributed by atoms with Gasteiger partial charge in [0, 0.05) is 62.6 Å². The number of nitrogens with one attached hydrogen (secondary N) is 2. The summed E-state index contributed by atoms with van der Waals surface area (Å²) >= 11 is 0. The molecule has 3 aromatic heterocycles. The smallest absolute Gasteiger partial charge is 0.225 e. The molecule has 9 nitrogen and oxygen atoms in total. The Morgan fingerprint density at radius 2 is 1.95 bits per heavy atom. The van der Waals surface area contributed by atoms with Crippen LogP contribution in [-0.4, -0.2) is 66.6 Å². The minimum atomic E-state index is -0.378. The lowest BCUT2D eigenvalue weighted by molar-refractivity contribution is -0.134. The number of aromatic nitrogens is 5. The Bertz CT molecular complexity index is 1510. The summed E-state index contributed by atoms with van der Waals surface area (Å²) < 4.78 is 17.0. The highest BCUT2D eigenvalue weighted by molar-refractivity contribution is 5.84. The van der Waals surface area contributed by atoms with Crippen LogP contribution in [0.5, 0.6) is 0 Å². The van der Waals surface area contributed by atoms with Gasteiger partial charge in [-0.15, -0.1) is 0 Å². The Hall–Kier alpha value is -3.79. The number of benzene rings is 1. The molecule has 0 radical (unpaired) electrons. The number of anilines is 2. The lowest BCUT2D eigenvalue weighted by atomic mass is 10.1. The van der Waals surface area contributed by atoms with Crippen LogP contribution >= 0.6 is 0 Å². The summed E-state index contributed by atoms with van der Waals surface area (Å²) in [6.45, 7) is 6.38. The van der Waals surface area contributed by atoms with Crippen LogP contribution in [0.4, 0.5) is 16.2 Å². The molecule has 2 aliphatic carbocycles. The molecule has 2 saturated carbocycles. The second-order valence-corrected chi connectivity index (χ2v) is 11.2. The highest BCUT2D eigenvalue weighted by atomic mass is 19.1. The van der Waals surface area contributed by atoms with E-state index in [1.807, 2.05) is 34.0 Å². The Morgan fingerprint density at radius 1 is 1.13 bits per heavy atom. The molecule has 0 spiro atoms. The zero-order valence-electron chi connectivity index (χ0n) is 22.1. The number of aromatic amines is 1. The van der Waals surface area contributed by atoms with Crippen molar-refractivity contribution in [3.8, 4) is 11.1 Å². The van der Waals surface area contributed by atoms with Crippen LogP contribution in [-0.2, 0) is 11.3 Å². The third kappa shape index (κ3) is 5.13. The monoisotopic (exact) mass is 528 g/mol. The molecular formula is C29H33FN8O. The van der Waals surface area contributed by atoms with Gasteiger partial charge in [0.1, 0.15) is 11.3 Å². The van der Waals surface area contributed by atoms with Crippen molar-refractivity contribution in [2.24, 2.45) is 11.8 Å². The summed E-state index contributed by atoms with van der Waals surface area (Å²) in [4.78, 5) is 28.9. The molecule has 4 aromatic rings. The molecule has 1 atom stereocenters. The first-order valence-electron chi connectivity index (χ1n) is 14.0. The van der Waals surface area contributed by atoms with E-state index in [1.54, 1.807) is 12.4 Å². The van der Waals surface area contributed by atoms with E-state index in [4.69, 9.17) is 0 Å². The number of carbonyl (C=O) groups excluding carboxylic acids is 1. The van der Waals surface area contributed by atoms with Gasteiger partial charge in [-0.25, -0.2) is 14.4 Å². The minimum absolute atomic E-state index is 0.184. The van der Waals surface area contributed by atoms with Crippen LogP contribution in [0.25, 0.3) is 22.2 Å². The number of piperazine rings is 1. The summed E-state index contributed by atoms with van der Waals surface area (Å²) in [6.07, 6.45) is 10.2. The van der Waals surface area contributed by atoms with Crippen molar-refractivity contribution in [2.75, 3.05) is 31.5 Å². The quantitative estimate of drug-likeness (QED) is 0.343. The molecule has 3 aliphatic rings. The van der Waals surface area contributed by atoms with Gasteiger partial charge in [0.15, 0.2) is 5.82 Å². The van der Waals surface area contributed by atoms with E-state index < -0.39 is 0 Å². The molecule has 39 heavy (non-hydrogen) atoms.